The standard InChI is InChI=1S/C11H20N4O/c1-10(12)11-8-13-9-15(11)3-2-14-4-6-16-7-5-14/h8-10H,2-7,12H2,1H3/t10-/m1/s1. The second kappa shape index (κ2) is 5.43. The van der Waals surface area contributed by atoms with Gasteiger partial charge in [0, 0.05) is 38.4 Å². The van der Waals surface area contributed by atoms with E-state index in [0.29, 0.717) is 0 Å². The molecule has 0 bridgehead atoms. The quantitative estimate of drug-likeness (QED) is 0.795. The van der Waals surface area contributed by atoms with Crippen LogP contribution >= 0.6 is 0 Å². The van der Waals surface area contributed by atoms with Crippen molar-refractivity contribution in [2.24, 2.45) is 5.73 Å². The molecule has 0 radical (unpaired) electrons. The molecular weight excluding hydrogens is 204 g/mol. The van der Waals surface area contributed by atoms with Crippen LogP contribution in [0.1, 0.15) is 18.7 Å². The molecule has 16 heavy (non-hydrogen) atoms. The Morgan fingerprint density at radius 1 is 1.44 bits per heavy atom. The van der Waals surface area contributed by atoms with Crippen LogP contribution in [0, 0.1) is 0 Å². The van der Waals surface area contributed by atoms with Crippen LogP contribution in [0.2, 0.25) is 0 Å². The highest BCUT2D eigenvalue weighted by molar-refractivity contribution is 5.03. The van der Waals surface area contributed by atoms with Gasteiger partial charge in [-0.2, -0.15) is 0 Å². The number of rotatable bonds is 4. The smallest absolute Gasteiger partial charge is 0.0949 e. The zero-order chi connectivity index (χ0) is 11.4. The zero-order valence-electron chi connectivity index (χ0n) is 9.80. The number of hydrogen-bond acceptors (Lipinski definition) is 4. The van der Waals surface area contributed by atoms with Gasteiger partial charge >= 0.3 is 0 Å². The van der Waals surface area contributed by atoms with E-state index in [1.807, 2.05) is 19.4 Å². The Labute approximate surface area is 96.2 Å². The summed E-state index contributed by atoms with van der Waals surface area (Å²) < 4.78 is 7.46. The molecule has 0 unspecified atom stereocenters. The number of hydrogen-bond donors (Lipinski definition) is 1. The van der Waals surface area contributed by atoms with Gasteiger partial charge in [-0.3, -0.25) is 4.90 Å². The van der Waals surface area contributed by atoms with Gasteiger partial charge in [-0.05, 0) is 6.92 Å². The molecule has 0 spiro atoms. The topological polar surface area (TPSA) is 56.3 Å². The molecule has 1 aliphatic heterocycles. The molecular formula is C11H20N4O. The fourth-order valence-electron chi connectivity index (χ4n) is 1.97. The van der Waals surface area contributed by atoms with Crippen LogP contribution in [0.3, 0.4) is 0 Å². The first-order valence-electron chi connectivity index (χ1n) is 5.83. The largest absolute Gasteiger partial charge is 0.379 e. The van der Waals surface area contributed by atoms with Gasteiger partial charge in [-0.1, -0.05) is 0 Å². The predicted molar refractivity (Wildman–Crippen MR) is 62.1 cm³/mol. The summed E-state index contributed by atoms with van der Waals surface area (Å²) in [5.41, 5.74) is 6.98. The van der Waals surface area contributed by atoms with E-state index in [2.05, 4.69) is 14.5 Å². The highest BCUT2D eigenvalue weighted by Gasteiger charge is 2.11. The van der Waals surface area contributed by atoms with E-state index in [4.69, 9.17) is 10.5 Å². The molecule has 2 heterocycles. The number of ether oxygens (including phenoxy) is 1. The molecule has 90 valence electrons. The lowest BCUT2D eigenvalue weighted by molar-refractivity contribution is 0.0363. The second-order valence-electron chi connectivity index (χ2n) is 4.25. The molecule has 2 rings (SSSR count). The highest BCUT2D eigenvalue weighted by Crippen LogP contribution is 2.08. The van der Waals surface area contributed by atoms with Gasteiger partial charge in [-0.15, -0.1) is 0 Å². The van der Waals surface area contributed by atoms with Crippen LogP contribution in [0.4, 0.5) is 0 Å². The first-order valence-corrected chi connectivity index (χ1v) is 5.83. The lowest BCUT2D eigenvalue weighted by Gasteiger charge is -2.27. The first kappa shape index (κ1) is 11.6. The van der Waals surface area contributed by atoms with Gasteiger partial charge in [0.25, 0.3) is 0 Å². The number of aromatic nitrogens is 2. The summed E-state index contributed by atoms with van der Waals surface area (Å²) in [6.45, 7) is 7.75. The summed E-state index contributed by atoms with van der Waals surface area (Å²) >= 11 is 0. The highest BCUT2D eigenvalue weighted by atomic mass is 16.5. The summed E-state index contributed by atoms with van der Waals surface area (Å²) in [6, 6.07) is 0.0483. The van der Waals surface area contributed by atoms with Crippen molar-refractivity contribution in [3.63, 3.8) is 0 Å². The van der Waals surface area contributed by atoms with Crippen LogP contribution in [-0.4, -0.2) is 47.3 Å². The van der Waals surface area contributed by atoms with Crippen LogP contribution in [0.25, 0.3) is 0 Å². The normalized spacial score (nSPS) is 19.9. The van der Waals surface area contributed by atoms with E-state index in [-0.39, 0.29) is 6.04 Å². The van der Waals surface area contributed by atoms with Crippen molar-refractivity contribution in [1.82, 2.24) is 14.5 Å². The Morgan fingerprint density at radius 3 is 2.88 bits per heavy atom. The Bertz CT molecular complexity index is 318. The van der Waals surface area contributed by atoms with E-state index in [0.717, 1.165) is 45.1 Å². The van der Waals surface area contributed by atoms with Crippen LogP contribution < -0.4 is 5.73 Å². The second-order valence-corrected chi connectivity index (χ2v) is 4.25. The van der Waals surface area contributed by atoms with Crippen LogP contribution in [0.5, 0.6) is 0 Å². The average Bonchev–Trinajstić information content (AvgIpc) is 2.76. The minimum Gasteiger partial charge on any atom is -0.379 e. The maximum atomic E-state index is 5.87. The molecule has 1 fully saturated rings. The molecule has 0 saturated carbocycles. The first-order chi connectivity index (χ1) is 7.77. The third kappa shape index (κ3) is 2.81. The Morgan fingerprint density at radius 2 is 2.19 bits per heavy atom. The summed E-state index contributed by atoms with van der Waals surface area (Å²) in [5.74, 6) is 0. The molecule has 0 amide bonds. The lowest BCUT2D eigenvalue weighted by Crippen LogP contribution is -2.38. The minimum atomic E-state index is 0.0483. The van der Waals surface area contributed by atoms with Gasteiger partial charge in [0.15, 0.2) is 0 Å². The number of nitrogens with zero attached hydrogens (tertiary/aromatic N) is 3. The van der Waals surface area contributed by atoms with E-state index >= 15 is 0 Å². The number of imidazole rings is 1. The zero-order valence-corrected chi connectivity index (χ0v) is 9.80. The van der Waals surface area contributed by atoms with E-state index in [1.165, 1.54) is 0 Å². The van der Waals surface area contributed by atoms with Crippen molar-refractivity contribution in [3.05, 3.63) is 18.2 Å². The SMILES string of the molecule is C[C@@H](N)c1cncn1CCN1CCOCC1. The number of nitrogens with two attached hydrogens (primary N) is 1. The van der Waals surface area contributed by atoms with Gasteiger partial charge in [-0.25, -0.2) is 4.98 Å². The Kier molecular flexibility index (Phi) is 3.93. The van der Waals surface area contributed by atoms with Crippen molar-refractivity contribution in [1.29, 1.82) is 0 Å². The lowest BCUT2D eigenvalue weighted by atomic mass is 10.2. The van der Waals surface area contributed by atoms with Crippen molar-refractivity contribution in [2.75, 3.05) is 32.8 Å². The molecule has 5 nitrogen and oxygen atoms in total. The van der Waals surface area contributed by atoms with E-state index in [9.17, 15) is 0 Å². The van der Waals surface area contributed by atoms with Crippen molar-refractivity contribution in [2.45, 2.75) is 19.5 Å². The van der Waals surface area contributed by atoms with Crippen LogP contribution in [0.15, 0.2) is 12.5 Å². The third-order valence-electron chi connectivity index (χ3n) is 2.97. The minimum absolute atomic E-state index is 0.0483. The summed E-state index contributed by atoms with van der Waals surface area (Å²) in [6.07, 6.45) is 3.71. The monoisotopic (exact) mass is 224 g/mol. The molecule has 5 heteroatoms. The third-order valence-corrected chi connectivity index (χ3v) is 2.97. The summed E-state index contributed by atoms with van der Waals surface area (Å²) in [5, 5.41) is 0. The van der Waals surface area contributed by atoms with Gasteiger partial charge in [0.2, 0.25) is 0 Å². The van der Waals surface area contributed by atoms with E-state index in [1.54, 1.807) is 0 Å². The molecule has 0 aliphatic carbocycles. The molecule has 1 aliphatic rings. The molecule has 1 aromatic rings. The Balaban J connectivity index is 1.86. The summed E-state index contributed by atoms with van der Waals surface area (Å²) in [7, 11) is 0. The molecule has 0 aromatic carbocycles. The van der Waals surface area contributed by atoms with Gasteiger partial charge < -0.3 is 15.0 Å². The maximum absolute atomic E-state index is 5.87. The molecule has 1 aromatic heterocycles. The fraction of sp³-hybridized carbons (Fsp3) is 0.727. The molecule has 2 N–H and O–H groups in total. The summed E-state index contributed by atoms with van der Waals surface area (Å²) in [4.78, 5) is 6.56. The van der Waals surface area contributed by atoms with Gasteiger partial charge in [0.05, 0.1) is 25.2 Å². The van der Waals surface area contributed by atoms with Crippen molar-refractivity contribution in [3.8, 4) is 0 Å². The van der Waals surface area contributed by atoms with Crippen molar-refractivity contribution < 1.29 is 4.74 Å². The maximum Gasteiger partial charge on any atom is 0.0949 e. The number of morpholine rings is 1. The van der Waals surface area contributed by atoms with Gasteiger partial charge in [0.1, 0.15) is 0 Å². The van der Waals surface area contributed by atoms with Crippen molar-refractivity contribution >= 4 is 0 Å². The van der Waals surface area contributed by atoms with E-state index < -0.39 is 0 Å². The molecule has 1 saturated heterocycles. The Hall–Kier alpha value is -0.910. The predicted octanol–water partition coefficient (Wildman–Crippen LogP) is 0.235. The molecule has 1 atom stereocenters. The average molecular weight is 224 g/mol. The fourth-order valence-corrected chi connectivity index (χ4v) is 1.97. The van der Waals surface area contributed by atoms with Crippen LogP contribution in [-0.2, 0) is 11.3 Å².